The maximum Gasteiger partial charge on any atom is 0.227 e. The van der Waals surface area contributed by atoms with Gasteiger partial charge in [0.1, 0.15) is 5.75 Å². The van der Waals surface area contributed by atoms with E-state index in [0.717, 1.165) is 72.8 Å². The fraction of sp³-hybridized carbons (Fsp3) is 0.433. The topological polar surface area (TPSA) is 103 Å². The number of likely N-dealkylation sites (N-methyl/N-ethyl adjacent to an activating group) is 2. The van der Waals surface area contributed by atoms with E-state index in [9.17, 15) is 4.79 Å². The monoisotopic (exact) mass is 546 g/mol. The van der Waals surface area contributed by atoms with Gasteiger partial charge in [0.2, 0.25) is 12.4 Å². The Morgan fingerprint density at radius 1 is 1.12 bits per heavy atom. The molecule has 4 rings (SSSR count). The van der Waals surface area contributed by atoms with Crippen molar-refractivity contribution in [1.29, 1.82) is 0 Å². The summed E-state index contributed by atoms with van der Waals surface area (Å²) in [5.41, 5.74) is 13.6. The van der Waals surface area contributed by atoms with Crippen molar-refractivity contribution >= 4 is 40.8 Å². The minimum Gasteiger partial charge on any atom is -0.494 e. The van der Waals surface area contributed by atoms with E-state index >= 15 is 0 Å². The fourth-order valence-electron chi connectivity index (χ4n) is 4.91. The molecule has 40 heavy (non-hydrogen) atoms. The van der Waals surface area contributed by atoms with E-state index in [1.54, 1.807) is 13.3 Å². The molecule has 1 aliphatic heterocycles. The Morgan fingerprint density at radius 3 is 2.58 bits per heavy atom. The molecular formula is C30H42N8O2. The number of aromatic nitrogens is 2. The number of nitrogens with one attached hydrogen (secondary N) is 1. The lowest BCUT2D eigenvalue weighted by atomic mass is 9.96. The number of ether oxygens (including phenoxy) is 1. The van der Waals surface area contributed by atoms with Gasteiger partial charge in [0.15, 0.2) is 0 Å². The molecule has 0 aliphatic carbocycles. The summed E-state index contributed by atoms with van der Waals surface area (Å²) >= 11 is 0. The zero-order valence-electron chi connectivity index (χ0n) is 24.7. The van der Waals surface area contributed by atoms with Crippen molar-refractivity contribution < 1.29 is 9.53 Å². The minimum atomic E-state index is 0.264. The number of rotatable bonds is 11. The van der Waals surface area contributed by atoms with Gasteiger partial charge in [-0.3, -0.25) is 4.79 Å². The molecule has 0 radical (unpaired) electrons. The van der Waals surface area contributed by atoms with Crippen LogP contribution in [0.3, 0.4) is 0 Å². The summed E-state index contributed by atoms with van der Waals surface area (Å²) in [6.45, 7) is 6.75. The number of nitrogens with two attached hydrogens (primary N) is 1. The molecule has 2 aromatic carbocycles. The zero-order valence-corrected chi connectivity index (χ0v) is 24.7. The van der Waals surface area contributed by atoms with E-state index in [1.165, 1.54) is 0 Å². The van der Waals surface area contributed by atoms with Gasteiger partial charge in [-0.05, 0) is 70.6 Å². The van der Waals surface area contributed by atoms with Gasteiger partial charge >= 0.3 is 0 Å². The zero-order chi connectivity index (χ0) is 29.0. The van der Waals surface area contributed by atoms with Gasteiger partial charge in [-0.25, -0.2) is 9.97 Å². The summed E-state index contributed by atoms with van der Waals surface area (Å²) in [5, 5.41) is 3.31. The number of carbonyl (C=O) groups is 1. The molecular weight excluding hydrogens is 504 g/mol. The summed E-state index contributed by atoms with van der Waals surface area (Å²) < 4.78 is 5.70. The number of methoxy groups -OCH3 is 1. The molecule has 3 aromatic rings. The van der Waals surface area contributed by atoms with Crippen LogP contribution in [-0.4, -0.2) is 82.3 Å². The smallest absolute Gasteiger partial charge is 0.227 e. The number of anilines is 6. The van der Waals surface area contributed by atoms with Gasteiger partial charge in [-0.1, -0.05) is 0 Å². The molecule has 0 fully saturated rings. The molecule has 3 N–H and O–H groups in total. The Balaban J connectivity index is 1.68. The Hall–Kier alpha value is -4.05. The molecule has 1 aliphatic rings. The molecule has 2 heterocycles. The molecule has 0 saturated carbocycles. The number of nitrogen functional groups attached to an aromatic ring is 1. The van der Waals surface area contributed by atoms with Crippen molar-refractivity contribution in [2.75, 3.05) is 80.7 Å². The molecule has 0 saturated heterocycles. The summed E-state index contributed by atoms with van der Waals surface area (Å²) in [6, 6.07) is 10.2. The highest BCUT2D eigenvalue weighted by molar-refractivity contribution is 5.90. The summed E-state index contributed by atoms with van der Waals surface area (Å²) in [7, 11) is 9.82. The van der Waals surface area contributed by atoms with Crippen molar-refractivity contribution in [2.24, 2.45) is 0 Å². The lowest BCUT2D eigenvalue weighted by Crippen LogP contribution is -2.33. The third-order valence-corrected chi connectivity index (χ3v) is 7.42. The number of carbonyl (C=O) groups excluding carboxylic acids is 1. The highest BCUT2D eigenvalue weighted by atomic mass is 16.5. The van der Waals surface area contributed by atoms with Crippen LogP contribution >= 0.6 is 0 Å². The maximum absolute atomic E-state index is 11.9. The maximum atomic E-state index is 11.9. The van der Waals surface area contributed by atoms with Crippen molar-refractivity contribution in [3.05, 3.63) is 42.1 Å². The van der Waals surface area contributed by atoms with Crippen LogP contribution in [0.15, 0.2) is 36.5 Å². The van der Waals surface area contributed by atoms with E-state index in [1.807, 2.05) is 44.2 Å². The van der Waals surface area contributed by atoms with Gasteiger partial charge < -0.3 is 35.4 Å². The highest BCUT2D eigenvalue weighted by Gasteiger charge is 2.24. The fourth-order valence-corrected chi connectivity index (χ4v) is 4.91. The quantitative estimate of drug-likeness (QED) is 0.270. The average Bonchev–Trinajstić information content (AvgIpc) is 2.94. The summed E-state index contributed by atoms with van der Waals surface area (Å²) in [4.78, 5) is 29.5. The highest BCUT2D eigenvalue weighted by Crippen LogP contribution is 2.41. The molecule has 1 aromatic heterocycles. The van der Waals surface area contributed by atoms with Crippen LogP contribution in [0.4, 0.5) is 34.4 Å². The Labute approximate surface area is 237 Å². The molecule has 0 atom stereocenters. The van der Waals surface area contributed by atoms with Gasteiger partial charge in [-0.2, -0.15) is 0 Å². The Morgan fingerprint density at radius 2 is 1.90 bits per heavy atom. The lowest BCUT2D eigenvalue weighted by Gasteiger charge is -2.34. The standard InChI is InChI=1S/C30H42N8O2/c1-20(2)37(6)27-16-22(15-21-9-8-12-38(19-39)29(21)27)24-10-11-32-30(33-24)34-25-17-23(31)26(18-28(25)40-7)36(5)14-13-35(3)4/h10-11,15-20H,8-9,12-14,31H2,1-7H3,(H,32,33,34). The molecule has 0 spiro atoms. The first-order valence-electron chi connectivity index (χ1n) is 13.7. The van der Waals surface area contributed by atoms with Gasteiger partial charge in [0, 0.05) is 57.6 Å². The number of amides is 1. The molecule has 10 heteroatoms. The lowest BCUT2D eigenvalue weighted by molar-refractivity contribution is -0.107. The van der Waals surface area contributed by atoms with Crippen LogP contribution in [0.2, 0.25) is 0 Å². The normalized spacial score (nSPS) is 12.9. The predicted octanol–water partition coefficient (Wildman–Crippen LogP) is 4.23. The SMILES string of the molecule is COc1cc(N(C)CCN(C)C)c(N)cc1Nc1nccc(-c2cc3c(c(N(C)C(C)C)c2)N(C=O)CCC3)n1. The van der Waals surface area contributed by atoms with Crippen LogP contribution in [0.25, 0.3) is 11.3 Å². The number of aryl methyl sites for hydroxylation is 1. The van der Waals surface area contributed by atoms with Crippen molar-refractivity contribution in [2.45, 2.75) is 32.7 Å². The minimum absolute atomic E-state index is 0.264. The number of hydrogen-bond donors (Lipinski definition) is 2. The largest absolute Gasteiger partial charge is 0.494 e. The Bertz CT molecular complexity index is 1340. The van der Waals surface area contributed by atoms with Crippen molar-refractivity contribution in [1.82, 2.24) is 14.9 Å². The molecule has 10 nitrogen and oxygen atoms in total. The first kappa shape index (κ1) is 28.9. The second-order valence-electron chi connectivity index (χ2n) is 10.8. The summed E-state index contributed by atoms with van der Waals surface area (Å²) in [6.07, 6.45) is 4.52. The van der Waals surface area contributed by atoms with Gasteiger partial charge in [0.05, 0.1) is 41.2 Å². The van der Waals surface area contributed by atoms with Crippen molar-refractivity contribution in [3.63, 3.8) is 0 Å². The van der Waals surface area contributed by atoms with Crippen LogP contribution in [-0.2, 0) is 11.2 Å². The second-order valence-corrected chi connectivity index (χ2v) is 10.8. The molecule has 214 valence electrons. The Kier molecular flexibility index (Phi) is 8.99. The first-order chi connectivity index (χ1) is 19.1. The molecule has 1 amide bonds. The van der Waals surface area contributed by atoms with Crippen LogP contribution in [0.5, 0.6) is 5.75 Å². The average molecular weight is 547 g/mol. The molecule has 0 bridgehead atoms. The predicted molar refractivity (Wildman–Crippen MR) is 165 cm³/mol. The van der Waals surface area contributed by atoms with Crippen molar-refractivity contribution in [3.8, 4) is 17.0 Å². The third-order valence-electron chi connectivity index (χ3n) is 7.42. The number of nitrogens with zero attached hydrogens (tertiary/aromatic N) is 6. The van der Waals surface area contributed by atoms with Crippen LogP contribution in [0, 0.1) is 0 Å². The van der Waals surface area contributed by atoms with E-state index in [-0.39, 0.29) is 6.04 Å². The summed E-state index contributed by atoms with van der Waals surface area (Å²) in [5.74, 6) is 1.09. The van der Waals surface area contributed by atoms with Gasteiger partial charge in [0.25, 0.3) is 0 Å². The van der Waals surface area contributed by atoms with Gasteiger partial charge in [-0.15, -0.1) is 0 Å². The number of hydrogen-bond acceptors (Lipinski definition) is 9. The number of benzene rings is 2. The van der Waals surface area contributed by atoms with E-state index in [4.69, 9.17) is 15.5 Å². The van der Waals surface area contributed by atoms with E-state index < -0.39 is 0 Å². The third kappa shape index (κ3) is 6.22. The second kappa shape index (κ2) is 12.4. The van der Waals surface area contributed by atoms with Crippen LogP contribution < -0.4 is 30.5 Å². The van der Waals surface area contributed by atoms with Crippen LogP contribution in [0.1, 0.15) is 25.8 Å². The first-order valence-corrected chi connectivity index (χ1v) is 13.7. The molecule has 0 unspecified atom stereocenters. The number of fused-ring (bicyclic) bond motifs is 1. The van der Waals surface area contributed by atoms with E-state index in [0.29, 0.717) is 23.1 Å². The van der Waals surface area contributed by atoms with E-state index in [2.05, 4.69) is 58.0 Å².